The average Bonchev–Trinajstić information content (AvgIpc) is 2.54. The summed E-state index contributed by atoms with van der Waals surface area (Å²) >= 11 is 0. The summed E-state index contributed by atoms with van der Waals surface area (Å²) in [6.45, 7) is 10.6. The quantitative estimate of drug-likeness (QED) is 0.818. The number of likely N-dealkylation sites (tertiary alicyclic amines) is 1. The Morgan fingerprint density at radius 2 is 1.70 bits per heavy atom. The first-order valence-corrected chi connectivity index (χ1v) is 9.09. The molecular weight excluding hydrogens is 244 g/mol. The molecule has 2 unspecified atom stereocenters. The third-order valence-corrected chi connectivity index (χ3v) is 6.88. The summed E-state index contributed by atoms with van der Waals surface area (Å²) in [5.74, 6) is 0.913. The van der Waals surface area contributed by atoms with E-state index >= 15 is 0 Å². The molecule has 0 radical (unpaired) electrons. The molecule has 0 aromatic rings. The molecule has 0 bridgehead atoms. The van der Waals surface area contributed by atoms with E-state index in [1.165, 1.54) is 70.9 Å². The second-order valence-corrected chi connectivity index (χ2v) is 7.49. The summed E-state index contributed by atoms with van der Waals surface area (Å²) in [4.78, 5) is 2.79. The van der Waals surface area contributed by atoms with Gasteiger partial charge in [0.2, 0.25) is 0 Å². The summed E-state index contributed by atoms with van der Waals surface area (Å²) in [6.07, 6.45) is 12.3. The molecule has 2 aliphatic rings. The Morgan fingerprint density at radius 1 is 1.05 bits per heavy atom. The zero-order chi connectivity index (χ0) is 14.6. The third-order valence-electron chi connectivity index (χ3n) is 6.88. The van der Waals surface area contributed by atoms with Crippen LogP contribution in [-0.4, -0.2) is 30.1 Å². The maximum Gasteiger partial charge on any atom is 0.0334 e. The van der Waals surface area contributed by atoms with Gasteiger partial charge in [0, 0.05) is 12.1 Å². The fraction of sp³-hybridized carbons (Fsp3) is 1.00. The van der Waals surface area contributed by atoms with Crippen molar-refractivity contribution in [3.63, 3.8) is 0 Å². The first-order valence-electron chi connectivity index (χ1n) is 9.09. The molecule has 1 heterocycles. The van der Waals surface area contributed by atoms with E-state index in [2.05, 4.69) is 25.7 Å². The summed E-state index contributed by atoms with van der Waals surface area (Å²) in [5.41, 5.74) is 7.25. The van der Waals surface area contributed by atoms with Gasteiger partial charge in [-0.05, 0) is 50.1 Å². The number of rotatable bonds is 5. The van der Waals surface area contributed by atoms with Crippen molar-refractivity contribution in [2.75, 3.05) is 19.6 Å². The topological polar surface area (TPSA) is 29.3 Å². The van der Waals surface area contributed by atoms with Crippen molar-refractivity contribution < 1.29 is 0 Å². The fourth-order valence-electron chi connectivity index (χ4n) is 4.82. The molecule has 2 fully saturated rings. The van der Waals surface area contributed by atoms with Crippen molar-refractivity contribution >= 4 is 0 Å². The van der Waals surface area contributed by atoms with Gasteiger partial charge in [-0.2, -0.15) is 0 Å². The number of nitrogens with zero attached hydrogens (tertiary/aromatic N) is 1. The fourth-order valence-corrected chi connectivity index (χ4v) is 4.82. The van der Waals surface area contributed by atoms with Crippen LogP contribution in [0.1, 0.15) is 78.6 Å². The van der Waals surface area contributed by atoms with E-state index in [0.717, 1.165) is 12.5 Å². The molecule has 1 saturated heterocycles. The Hall–Kier alpha value is -0.0800. The van der Waals surface area contributed by atoms with Crippen molar-refractivity contribution in [1.82, 2.24) is 4.90 Å². The van der Waals surface area contributed by atoms with Crippen LogP contribution >= 0.6 is 0 Å². The van der Waals surface area contributed by atoms with E-state index in [1.54, 1.807) is 0 Å². The second kappa shape index (κ2) is 6.79. The highest BCUT2D eigenvalue weighted by Crippen LogP contribution is 2.44. The van der Waals surface area contributed by atoms with Gasteiger partial charge >= 0.3 is 0 Å². The molecule has 0 aromatic carbocycles. The van der Waals surface area contributed by atoms with Gasteiger partial charge in [0.25, 0.3) is 0 Å². The molecule has 20 heavy (non-hydrogen) atoms. The molecule has 2 nitrogen and oxygen atoms in total. The second-order valence-electron chi connectivity index (χ2n) is 7.49. The smallest absolute Gasteiger partial charge is 0.0334 e. The van der Waals surface area contributed by atoms with Gasteiger partial charge in [-0.3, -0.25) is 4.90 Å². The minimum absolute atomic E-state index is 0.340. The molecular formula is C18H36N2. The van der Waals surface area contributed by atoms with Crippen molar-refractivity contribution in [3.05, 3.63) is 0 Å². The Morgan fingerprint density at radius 3 is 2.20 bits per heavy atom. The summed E-state index contributed by atoms with van der Waals surface area (Å²) < 4.78 is 0. The lowest BCUT2D eigenvalue weighted by Gasteiger charge is -2.53. The highest BCUT2D eigenvalue weighted by atomic mass is 15.2. The van der Waals surface area contributed by atoms with E-state index in [9.17, 15) is 0 Å². The normalized spacial score (nSPS) is 35.1. The highest BCUT2D eigenvalue weighted by molar-refractivity contribution is 4.99. The van der Waals surface area contributed by atoms with Crippen LogP contribution in [0, 0.1) is 11.3 Å². The van der Waals surface area contributed by atoms with Crippen LogP contribution < -0.4 is 5.73 Å². The van der Waals surface area contributed by atoms with E-state index in [-0.39, 0.29) is 0 Å². The Labute approximate surface area is 126 Å². The first kappa shape index (κ1) is 16.3. The maximum atomic E-state index is 6.28. The van der Waals surface area contributed by atoms with Crippen LogP contribution in [0.2, 0.25) is 0 Å². The lowest BCUT2D eigenvalue weighted by atomic mass is 9.69. The maximum absolute atomic E-state index is 6.28. The number of piperidine rings is 1. The van der Waals surface area contributed by atoms with Crippen LogP contribution in [0.25, 0.3) is 0 Å². The standard InChI is InChI=1S/C18H36N2/c1-4-16-8-7-9-18(14-16,15-19)20-12-10-17(5-2,6-3)11-13-20/h16H,4-15,19H2,1-3H3. The monoisotopic (exact) mass is 280 g/mol. The van der Waals surface area contributed by atoms with E-state index in [1.807, 2.05) is 0 Å². The minimum Gasteiger partial charge on any atom is -0.329 e. The minimum atomic E-state index is 0.340. The lowest BCUT2D eigenvalue weighted by molar-refractivity contribution is -0.0158. The third kappa shape index (κ3) is 3.06. The van der Waals surface area contributed by atoms with Gasteiger partial charge < -0.3 is 5.73 Å². The van der Waals surface area contributed by atoms with Crippen LogP contribution in [0.15, 0.2) is 0 Å². The van der Waals surface area contributed by atoms with Crippen molar-refractivity contribution in [2.45, 2.75) is 84.1 Å². The predicted octanol–water partition coefficient (Wildman–Crippen LogP) is 4.19. The molecule has 2 atom stereocenters. The molecule has 2 N–H and O–H groups in total. The molecule has 2 rings (SSSR count). The average molecular weight is 280 g/mol. The molecule has 0 amide bonds. The van der Waals surface area contributed by atoms with Crippen LogP contribution in [0.3, 0.4) is 0 Å². The lowest BCUT2D eigenvalue weighted by Crippen LogP contribution is -2.59. The van der Waals surface area contributed by atoms with Gasteiger partial charge in [-0.25, -0.2) is 0 Å². The summed E-state index contributed by atoms with van der Waals surface area (Å²) in [7, 11) is 0. The van der Waals surface area contributed by atoms with E-state index in [0.29, 0.717) is 11.0 Å². The molecule has 0 spiro atoms. The first-order chi connectivity index (χ1) is 9.63. The summed E-state index contributed by atoms with van der Waals surface area (Å²) in [5, 5.41) is 0. The zero-order valence-electron chi connectivity index (χ0n) is 14.1. The van der Waals surface area contributed by atoms with Gasteiger partial charge in [0.05, 0.1) is 0 Å². The molecule has 2 heteroatoms. The van der Waals surface area contributed by atoms with Gasteiger partial charge in [0.1, 0.15) is 0 Å². The van der Waals surface area contributed by atoms with Crippen molar-refractivity contribution in [2.24, 2.45) is 17.1 Å². The van der Waals surface area contributed by atoms with Crippen LogP contribution in [0.5, 0.6) is 0 Å². The number of nitrogens with two attached hydrogens (primary N) is 1. The van der Waals surface area contributed by atoms with Crippen molar-refractivity contribution in [1.29, 1.82) is 0 Å². The van der Waals surface area contributed by atoms with E-state index in [4.69, 9.17) is 5.73 Å². The number of hydrogen-bond acceptors (Lipinski definition) is 2. The molecule has 1 aliphatic heterocycles. The molecule has 1 aliphatic carbocycles. The SMILES string of the molecule is CCC1CCCC(CN)(N2CCC(CC)(CC)CC2)C1. The van der Waals surface area contributed by atoms with Crippen molar-refractivity contribution in [3.8, 4) is 0 Å². The summed E-state index contributed by atoms with van der Waals surface area (Å²) in [6, 6.07) is 0. The van der Waals surface area contributed by atoms with Gasteiger partial charge in [0.15, 0.2) is 0 Å². The van der Waals surface area contributed by atoms with E-state index < -0.39 is 0 Å². The Kier molecular flexibility index (Phi) is 5.53. The van der Waals surface area contributed by atoms with Gasteiger partial charge in [-0.15, -0.1) is 0 Å². The molecule has 118 valence electrons. The molecule has 0 aromatic heterocycles. The highest BCUT2D eigenvalue weighted by Gasteiger charge is 2.43. The Balaban J connectivity index is 2.03. The number of hydrogen-bond donors (Lipinski definition) is 1. The van der Waals surface area contributed by atoms with Crippen LogP contribution in [-0.2, 0) is 0 Å². The van der Waals surface area contributed by atoms with Gasteiger partial charge in [-0.1, -0.05) is 52.9 Å². The predicted molar refractivity (Wildman–Crippen MR) is 87.9 cm³/mol. The Bertz CT molecular complexity index is 288. The largest absolute Gasteiger partial charge is 0.329 e. The molecule has 1 saturated carbocycles. The van der Waals surface area contributed by atoms with Crippen LogP contribution in [0.4, 0.5) is 0 Å². The zero-order valence-corrected chi connectivity index (χ0v) is 14.1.